The highest BCUT2D eigenvalue weighted by Gasteiger charge is 2.29. The molecule has 5 heteroatoms. The van der Waals surface area contributed by atoms with Gasteiger partial charge in [0, 0.05) is 30.3 Å². The summed E-state index contributed by atoms with van der Waals surface area (Å²) in [7, 11) is 0. The Balaban J connectivity index is 1.67. The molecule has 128 valence electrons. The Bertz CT molecular complexity index is 509. The van der Waals surface area contributed by atoms with Crippen LogP contribution in [-0.4, -0.2) is 24.4 Å². The van der Waals surface area contributed by atoms with Gasteiger partial charge in [-0.15, -0.1) is 0 Å². The van der Waals surface area contributed by atoms with E-state index in [0.717, 1.165) is 37.9 Å². The van der Waals surface area contributed by atoms with Gasteiger partial charge < -0.3 is 15.1 Å². The minimum absolute atomic E-state index is 0.0642. The van der Waals surface area contributed by atoms with Gasteiger partial charge in [0.25, 0.3) is 0 Å². The highest BCUT2D eigenvalue weighted by atomic mass is 16.3. The predicted octanol–water partition coefficient (Wildman–Crippen LogP) is 2.66. The van der Waals surface area contributed by atoms with Crippen LogP contribution in [-0.2, 0) is 16.0 Å². The molecule has 1 saturated carbocycles. The normalized spacial score (nSPS) is 21.7. The lowest BCUT2D eigenvalue weighted by atomic mass is 9.84. The summed E-state index contributed by atoms with van der Waals surface area (Å²) in [4.78, 5) is 24.2. The first-order valence-corrected chi connectivity index (χ1v) is 8.47. The highest BCUT2D eigenvalue weighted by molar-refractivity contribution is 5.81. The average molecular weight is 320 g/mol. The molecule has 1 aliphatic rings. The lowest BCUT2D eigenvalue weighted by Gasteiger charge is -2.30. The lowest BCUT2D eigenvalue weighted by Crippen LogP contribution is -2.44. The molecular weight excluding hydrogens is 292 g/mol. The van der Waals surface area contributed by atoms with Crippen molar-refractivity contribution in [3.63, 3.8) is 0 Å². The Labute approximate surface area is 138 Å². The van der Waals surface area contributed by atoms with Crippen LogP contribution >= 0.6 is 0 Å². The molecule has 0 saturated heterocycles. The summed E-state index contributed by atoms with van der Waals surface area (Å²) in [6, 6.07) is 3.97. The predicted molar refractivity (Wildman–Crippen MR) is 88.8 cm³/mol. The maximum atomic E-state index is 12.2. The molecule has 1 aromatic heterocycles. The van der Waals surface area contributed by atoms with Crippen LogP contribution in [0.15, 0.2) is 22.8 Å². The number of furan rings is 1. The third-order valence-corrected chi connectivity index (χ3v) is 4.37. The number of carbonyl (C=O) groups excluding carboxylic acids is 2. The Morgan fingerprint density at radius 1 is 1.22 bits per heavy atom. The molecule has 0 atom stereocenters. The molecule has 1 fully saturated rings. The first-order chi connectivity index (χ1) is 10.9. The van der Waals surface area contributed by atoms with Crippen molar-refractivity contribution in [2.24, 2.45) is 11.3 Å². The van der Waals surface area contributed by atoms with Gasteiger partial charge in [-0.05, 0) is 37.8 Å². The molecule has 0 spiro atoms. The zero-order chi connectivity index (χ0) is 16.9. The zero-order valence-corrected chi connectivity index (χ0v) is 14.4. The van der Waals surface area contributed by atoms with Crippen LogP contribution in [0, 0.1) is 11.3 Å². The van der Waals surface area contributed by atoms with Gasteiger partial charge in [0.1, 0.15) is 5.76 Å². The third kappa shape index (κ3) is 5.41. The van der Waals surface area contributed by atoms with Crippen molar-refractivity contribution in [1.82, 2.24) is 10.6 Å². The molecule has 2 rings (SSSR count). The molecule has 0 bridgehead atoms. The fourth-order valence-electron chi connectivity index (χ4n) is 2.81. The standard InChI is InChI=1S/C18H28N2O3/c1-18(2,3)17(22)20-14-8-6-13(7-9-14)16(21)19-11-10-15-5-4-12-23-15/h4-5,12-14H,6-11H2,1-3H3,(H,19,21)(H,20,22). The van der Waals surface area contributed by atoms with Gasteiger partial charge >= 0.3 is 0 Å². The van der Waals surface area contributed by atoms with E-state index in [4.69, 9.17) is 4.42 Å². The van der Waals surface area contributed by atoms with E-state index < -0.39 is 0 Å². The van der Waals surface area contributed by atoms with E-state index in [1.54, 1.807) is 6.26 Å². The molecule has 23 heavy (non-hydrogen) atoms. The SMILES string of the molecule is CC(C)(C)C(=O)NC1CCC(C(=O)NCCc2ccco2)CC1. The van der Waals surface area contributed by atoms with Gasteiger partial charge in [0.2, 0.25) is 11.8 Å². The van der Waals surface area contributed by atoms with Crippen molar-refractivity contribution >= 4 is 11.8 Å². The topological polar surface area (TPSA) is 71.3 Å². The minimum Gasteiger partial charge on any atom is -0.469 e. The Hall–Kier alpha value is -1.78. The monoisotopic (exact) mass is 320 g/mol. The molecule has 0 aliphatic heterocycles. The van der Waals surface area contributed by atoms with E-state index in [-0.39, 0.29) is 29.2 Å². The summed E-state index contributed by atoms with van der Waals surface area (Å²) in [5, 5.41) is 6.08. The third-order valence-electron chi connectivity index (χ3n) is 4.37. The van der Waals surface area contributed by atoms with Crippen LogP contribution in [0.25, 0.3) is 0 Å². The first kappa shape index (κ1) is 17.6. The summed E-state index contributed by atoms with van der Waals surface area (Å²) >= 11 is 0. The zero-order valence-electron chi connectivity index (χ0n) is 14.4. The first-order valence-electron chi connectivity index (χ1n) is 8.47. The Morgan fingerprint density at radius 3 is 2.48 bits per heavy atom. The molecule has 1 aliphatic carbocycles. The van der Waals surface area contributed by atoms with Crippen molar-refractivity contribution in [3.8, 4) is 0 Å². The second kappa shape index (κ2) is 7.66. The van der Waals surface area contributed by atoms with Crippen molar-refractivity contribution in [2.75, 3.05) is 6.54 Å². The summed E-state index contributed by atoms with van der Waals surface area (Å²) in [6.07, 6.45) is 5.78. The number of rotatable bonds is 5. The Kier molecular flexibility index (Phi) is 5.85. The molecule has 2 amide bonds. The van der Waals surface area contributed by atoms with E-state index >= 15 is 0 Å². The molecular formula is C18H28N2O3. The lowest BCUT2D eigenvalue weighted by molar-refractivity contribution is -0.129. The number of carbonyl (C=O) groups is 2. The van der Waals surface area contributed by atoms with E-state index in [0.29, 0.717) is 6.54 Å². The molecule has 5 nitrogen and oxygen atoms in total. The van der Waals surface area contributed by atoms with Gasteiger partial charge in [0.05, 0.1) is 6.26 Å². The van der Waals surface area contributed by atoms with Crippen molar-refractivity contribution in [1.29, 1.82) is 0 Å². The van der Waals surface area contributed by atoms with Gasteiger partial charge in [-0.2, -0.15) is 0 Å². The molecule has 0 radical (unpaired) electrons. The van der Waals surface area contributed by atoms with E-state index in [9.17, 15) is 9.59 Å². The summed E-state index contributed by atoms with van der Waals surface area (Å²) in [5.74, 6) is 1.16. The number of nitrogens with one attached hydrogen (secondary N) is 2. The number of hydrogen-bond acceptors (Lipinski definition) is 3. The quantitative estimate of drug-likeness (QED) is 0.876. The summed E-state index contributed by atoms with van der Waals surface area (Å²) in [5.41, 5.74) is -0.361. The van der Waals surface area contributed by atoms with Gasteiger partial charge in [-0.3, -0.25) is 9.59 Å². The molecule has 0 unspecified atom stereocenters. The maximum Gasteiger partial charge on any atom is 0.225 e. The fraction of sp³-hybridized carbons (Fsp3) is 0.667. The van der Waals surface area contributed by atoms with E-state index in [1.807, 2.05) is 32.9 Å². The second-order valence-electron chi connectivity index (χ2n) is 7.39. The van der Waals surface area contributed by atoms with Crippen LogP contribution in [0.4, 0.5) is 0 Å². The van der Waals surface area contributed by atoms with Gasteiger partial charge in [-0.1, -0.05) is 20.8 Å². The molecule has 1 aromatic rings. The van der Waals surface area contributed by atoms with Crippen LogP contribution < -0.4 is 10.6 Å². The molecule has 1 heterocycles. The van der Waals surface area contributed by atoms with E-state index in [2.05, 4.69) is 10.6 Å². The fourth-order valence-corrected chi connectivity index (χ4v) is 2.81. The number of hydrogen-bond donors (Lipinski definition) is 2. The van der Waals surface area contributed by atoms with Gasteiger partial charge in [0.15, 0.2) is 0 Å². The molecule has 0 aromatic carbocycles. The maximum absolute atomic E-state index is 12.2. The highest BCUT2D eigenvalue weighted by Crippen LogP contribution is 2.25. The van der Waals surface area contributed by atoms with Crippen molar-refractivity contribution < 1.29 is 14.0 Å². The average Bonchev–Trinajstić information content (AvgIpc) is 3.00. The van der Waals surface area contributed by atoms with Crippen LogP contribution in [0.3, 0.4) is 0 Å². The van der Waals surface area contributed by atoms with Gasteiger partial charge in [-0.25, -0.2) is 0 Å². The smallest absolute Gasteiger partial charge is 0.225 e. The summed E-state index contributed by atoms with van der Waals surface area (Å²) in [6.45, 7) is 6.36. The van der Waals surface area contributed by atoms with Crippen LogP contribution in [0.5, 0.6) is 0 Å². The molecule has 2 N–H and O–H groups in total. The largest absolute Gasteiger partial charge is 0.469 e. The van der Waals surface area contributed by atoms with Crippen LogP contribution in [0.2, 0.25) is 0 Å². The second-order valence-corrected chi connectivity index (χ2v) is 7.39. The summed E-state index contributed by atoms with van der Waals surface area (Å²) < 4.78 is 5.25. The van der Waals surface area contributed by atoms with E-state index in [1.165, 1.54) is 0 Å². The van der Waals surface area contributed by atoms with Crippen molar-refractivity contribution in [2.45, 2.75) is 58.9 Å². The minimum atomic E-state index is -0.361. The number of amides is 2. The Morgan fingerprint density at radius 2 is 1.91 bits per heavy atom. The van der Waals surface area contributed by atoms with Crippen LogP contribution in [0.1, 0.15) is 52.2 Å². The van der Waals surface area contributed by atoms with Crippen molar-refractivity contribution in [3.05, 3.63) is 24.2 Å².